The van der Waals surface area contributed by atoms with E-state index in [1.165, 1.54) is 21.6 Å². The van der Waals surface area contributed by atoms with E-state index in [0.717, 1.165) is 5.56 Å². The zero-order valence-electron chi connectivity index (χ0n) is 21.0. The molecule has 2 aromatic rings. The van der Waals surface area contributed by atoms with Crippen LogP contribution in [-0.4, -0.2) is 59.5 Å². The highest BCUT2D eigenvalue weighted by Gasteiger charge is 2.71. The van der Waals surface area contributed by atoms with Gasteiger partial charge in [0.2, 0.25) is 0 Å². The topological polar surface area (TPSA) is 129 Å². The predicted molar refractivity (Wildman–Crippen MR) is 135 cm³/mol. The molecule has 0 atom stereocenters. The van der Waals surface area contributed by atoms with Crippen molar-refractivity contribution in [1.29, 1.82) is 5.26 Å². The molecule has 1 saturated carbocycles. The van der Waals surface area contributed by atoms with E-state index >= 15 is 0 Å². The second-order valence-electron chi connectivity index (χ2n) is 9.74. The van der Waals surface area contributed by atoms with Gasteiger partial charge in [0.15, 0.2) is 14.6 Å². The first kappa shape index (κ1) is 28.4. The lowest BCUT2D eigenvalue weighted by Gasteiger charge is -2.29. The first-order valence-electron chi connectivity index (χ1n) is 12.5. The maximum Gasteiger partial charge on any atom is 0.408 e. The van der Waals surface area contributed by atoms with Gasteiger partial charge in [-0.15, -0.1) is 0 Å². The molecule has 0 unspecified atom stereocenters. The summed E-state index contributed by atoms with van der Waals surface area (Å²) in [6.07, 6.45) is -4.73. The van der Waals surface area contributed by atoms with Gasteiger partial charge in [0.1, 0.15) is 11.3 Å². The fourth-order valence-corrected chi connectivity index (χ4v) is 6.74. The van der Waals surface area contributed by atoms with Crippen molar-refractivity contribution >= 4 is 21.7 Å². The monoisotopic (exact) mass is 564 g/mol. The molecule has 13 heteroatoms. The molecule has 39 heavy (non-hydrogen) atoms. The molecule has 1 aliphatic carbocycles. The molecule has 1 aromatic heterocycles. The van der Waals surface area contributed by atoms with Gasteiger partial charge in [0, 0.05) is 26.2 Å². The van der Waals surface area contributed by atoms with Crippen LogP contribution in [0.25, 0.3) is 0 Å². The Balaban J connectivity index is 1.29. The number of hydrogen-bond acceptors (Lipinski definition) is 6. The third-order valence-corrected chi connectivity index (χ3v) is 9.87. The minimum Gasteiger partial charge on any atom is -0.348 e. The van der Waals surface area contributed by atoms with E-state index in [1.807, 2.05) is 6.07 Å². The maximum absolute atomic E-state index is 13.1. The number of carbonyl (C=O) groups excluding carboxylic acids is 2. The summed E-state index contributed by atoms with van der Waals surface area (Å²) in [6.45, 7) is 0.790. The molecule has 1 aromatic carbocycles. The van der Waals surface area contributed by atoms with Crippen molar-refractivity contribution in [2.75, 3.05) is 18.8 Å². The molecule has 1 aliphatic heterocycles. The van der Waals surface area contributed by atoms with Gasteiger partial charge in [0.05, 0.1) is 17.4 Å². The molecule has 4 rings (SSSR count). The minimum absolute atomic E-state index is 0.0686. The quantitative estimate of drug-likeness (QED) is 0.442. The van der Waals surface area contributed by atoms with Gasteiger partial charge in [-0.05, 0) is 55.5 Å². The zero-order chi connectivity index (χ0) is 28.4. The molecule has 0 radical (unpaired) electrons. The number of nitriles is 1. The summed E-state index contributed by atoms with van der Waals surface area (Å²) in [5, 5.41) is 11.5. The van der Waals surface area contributed by atoms with Gasteiger partial charge in [-0.25, -0.2) is 8.42 Å². The molecule has 0 spiro atoms. The number of fused-ring (bicyclic) bond motifs is 1. The van der Waals surface area contributed by atoms with E-state index in [4.69, 9.17) is 5.26 Å². The van der Waals surface area contributed by atoms with Crippen molar-refractivity contribution in [3.63, 3.8) is 0 Å². The number of rotatable bonds is 10. The number of hydrogen-bond donors (Lipinski definition) is 1. The normalized spacial score (nSPS) is 16.4. The van der Waals surface area contributed by atoms with E-state index in [-0.39, 0.29) is 56.7 Å². The Morgan fingerprint density at radius 2 is 1.72 bits per heavy atom. The molecular formula is C26H27F3N4O5S. The number of unbranched alkanes of at least 4 members (excludes halogenated alkanes) is 2. The summed E-state index contributed by atoms with van der Waals surface area (Å²) in [6, 6.07) is 11.3. The number of nitrogens with one attached hydrogen (secondary N) is 1. The molecule has 0 saturated heterocycles. The molecule has 0 bridgehead atoms. The Kier molecular flexibility index (Phi) is 7.88. The van der Waals surface area contributed by atoms with Crippen molar-refractivity contribution < 1.29 is 31.2 Å². The van der Waals surface area contributed by atoms with Crippen LogP contribution in [0.4, 0.5) is 13.2 Å². The third-order valence-electron chi connectivity index (χ3n) is 7.21. The standard InChI is InChI=1S/C26H27F3N4O5S/c27-26(28,29)25(10-11-25)39(37,38)15-3-1-2-12-32-13-14-33-21(24(32)36)9-8-20(23(33)35)22(34)31-17-19-6-4-18(16-30)5-7-19/h4-9H,1-3,10-15,17H2,(H,31,34). The zero-order valence-corrected chi connectivity index (χ0v) is 21.8. The number of sulfone groups is 1. The third kappa shape index (κ3) is 5.71. The smallest absolute Gasteiger partial charge is 0.348 e. The van der Waals surface area contributed by atoms with Crippen LogP contribution in [0.2, 0.25) is 0 Å². The fourth-order valence-electron chi connectivity index (χ4n) is 4.68. The number of nitrogens with zero attached hydrogens (tertiary/aromatic N) is 3. The van der Waals surface area contributed by atoms with Crippen LogP contribution in [0, 0.1) is 11.3 Å². The molecule has 208 valence electrons. The average Bonchev–Trinajstić information content (AvgIpc) is 3.72. The lowest BCUT2D eigenvalue weighted by atomic mass is 10.1. The van der Waals surface area contributed by atoms with Crippen molar-refractivity contribution in [3.05, 3.63) is 69.1 Å². The first-order chi connectivity index (χ1) is 18.4. The Bertz CT molecular complexity index is 1470. The van der Waals surface area contributed by atoms with Gasteiger partial charge in [0.25, 0.3) is 17.4 Å². The largest absolute Gasteiger partial charge is 0.408 e. The van der Waals surface area contributed by atoms with Gasteiger partial charge in [-0.3, -0.25) is 14.4 Å². The highest BCUT2D eigenvalue weighted by Crippen LogP contribution is 2.55. The van der Waals surface area contributed by atoms with Gasteiger partial charge < -0.3 is 14.8 Å². The second-order valence-corrected chi connectivity index (χ2v) is 12.2. The average molecular weight is 565 g/mol. The number of pyridine rings is 1. The van der Waals surface area contributed by atoms with E-state index < -0.39 is 43.9 Å². The van der Waals surface area contributed by atoms with Crippen molar-refractivity contribution in [2.24, 2.45) is 0 Å². The Morgan fingerprint density at radius 3 is 2.33 bits per heavy atom. The lowest BCUT2D eigenvalue weighted by molar-refractivity contribution is -0.137. The van der Waals surface area contributed by atoms with Crippen LogP contribution >= 0.6 is 0 Å². The molecule has 9 nitrogen and oxygen atoms in total. The first-order valence-corrected chi connectivity index (χ1v) is 14.1. The summed E-state index contributed by atoms with van der Waals surface area (Å²) in [5.74, 6) is -1.55. The SMILES string of the molecule is N#Cc1ccc(CNC(=O)c2ccc3n(c2=O)CCN(CCCCCS(=O)(=O)C2(C(F)(F)F)CC2)C3=O)cc1. The molecule has 1 N–H and O–H groups in total. The number of halogens is 3. The van der Waals surface area contributed by atoms with E-state index in [0.29, 0.717) is 18.4 Å². The Hall–Kier alpha value is -3.66. The second kappa shape index (κ2) is 10.8. The van der Waals surface area contributed by atoms with Gasteiger partial charge in [-0.1, -0.05) is 18.6 Å². The van der Waals surface area contributed by atoms with Crippen LogP contribution in [0.3, 0.4) is 0 Å². The maximum atomic E-state index is 13.1. The summed E-state index contributed by atoms with van der Waals surface area (Å²) in [7, 11) is -4.29. The van der Waals surface area contributed by atoms with E-state index in [9.17, 15) is 36.0 Å². The molecular weight excluding hydrogens is 537 g/mol. The lowest BCUT2D eigenvalue weighted by Crippen LogP contribution is -2.46. The highest BCUT2D eigenvalue weighted by atomic mass is 32.2. The highest BCUT2D eigenvalue weighted by molar-refractivity contribution is 7.93. The van der Waals surface area contributed by atoms with Gasteiger partial charge >= 0.3 is 6.18 Å². The summed E-state index contributed by atoms with van der Waals surface area (Å²) in [5.41, 5.74) is 0.649. The van der Waals surface area contributed by atoms with Crippen molar-refractivity contribution in [3.8, 4) is 6.07 Å². The number of amides is 2. The van der Waals surface area contributed by atoms with E-state index in [2.05, 4.69) is 5.32 Å². The van der Waals surface area contributed by atoms with Crippen LogP contribution in [0.15, 0.2) is 41.2 Å². The van der Waals surface area contributed by atoms with E-state index in [1.54, 1.807) is 24.3 Å². The summed E-state index contributed by atoms with van der Waals surface area (Å²) >= 11 is 0. The molecule has 2 amide bonds. The van der Waals surface area contributed by atoms with Crippen LogP contribution in [0.5, 0.6) is 0 Å². The Morgan fingerprint density at radius 1 is 1.03 bits per heavy atom. The summed E-state index contributed by atoms with van der Waals surface area (Å²) in [4.78, 5) is 39.9. The van der Waals surface area contributed by atoms with Gasteiger partial charge in [-0.2, -0.15) is 18.4 Å². The number of aromatic nitrogens is 1. The predicted octanol–water partition coefficient (Wildman–Crippen LogP) is 2.79. The molecule has 2 aliphatic rings. The molecule has 1 fully saturated rings. The number of carbonyl (C=O) groups is 2. The van der Waals surface area contributed by atoms with Crippen LogP contribution < -0.4 is 10.9 Å². The van der Waals surface area contributed by atoms with Crippen LogP contribution in [-0.2, 0) is 22.9 Å². The summed E-state index contributed by atoms with van der Waals surface area (Å²) < 4.78 is 62.4. The number of alkyl halides is 3. The van der Waals surface area contributed by atoms with Crippen molar-refractivity contribution in [1.82, 2.24) is 14.8 Å². The van der Waals surface area contributed by atoms with Crippen molar-refractivity contribution in [2.45, 2.75) is 56.1 Å². The van der Waals surface area contributed by atoms with Crippen LogP contribution in [0.1, 0.15) is 64.1 Å². The Labute approximate surface area is 223 Å². The fraction of sp³-hybridized carbons (Fsp3) is 0.462. The minimum atomic E-state index is -4.76. The number of benzene rings is 1. The molecule has 2 heterocycles.